The molecule has 1 heterocycles. The molecule has 0 atom stereocenters. The standard InChI is InChI=1S/C18H30BN2O7/c1-20-9-5-4-8-17(23)21-11-14(12-21)28-16(7-3-2-6-10-22)15(18(24)25)13-27-19-26/h3,7,14,20,22,26H,2,4-6,8-13H2,1H3,(H,24,25)/b7-3-,16-15-. The monoisotopic (exact) mass is 397 g/mol. The molecular weight excluding hydrogens is 367 g/mol. The quantitative estimate of drug-likeness (QED) is 0.0985. The maximum absolute atomic E-state index is 12.1. The van der Waals surface area contributed by atoms with Gasteiger partial charge in [0.15, 0.2) is 0 Å². The Labute approximate surface area is 166 Å². The van der Waals surface area contributed by atoms with Gasteiger partial charge >= 0.3 is 13.7 Å². The van der Waals surface area contributed by atoms with Crippen LogP contribution in [0.4, 0.5) is 0 Å². The highest BCUT2D eigenvalue weighted by atomic mass is 16.5. The molecule has 0 aromatic heterocycles. The molecule has 1 radical (unpaired) electrons. The molecule has 0 spiro atoms. The van der Waals surface area contributed by atoms with E-state index in [1.54, 1.807) is 11.0 Å². The molecule has 0 bridgehead atoms. The highest BCUT2D eigenvalue weighted by Gasteiger charge is 2.32. The van der Waals surface area contributed by atoms with Gasteiger partial charge in [-0.3, -0.25) is 4.79 Å². The fourth-order valence-electron chi connectivity index (χ4n) is 2.60. The molecule has 10 heteroatoms. The van der Waals surface area contributed by atoms with Crippen molar-refractivity contribution >= 4 is 19.6 Å². The SMILES string of the molecule is CNCCCCC(=O)N1CC(OC(/C=C\CCCO)=C(/CO[B]O)C(=O)O)C1. The van der Waals surface area contributed by atoms with E-state index < -0.39 is 5.97 Å². The Balaban J connectivity index is 2.63. The first kappa shape index (κ1) is 24.2. The number of allylic oxidation sites excluding steroid dienone is 2. The van der Waals surface area contributed by atoms with E-state index in [-0.39, 0.29) is 36.6 Å². The van der Waals surface area contributed by atoms with Crippen molar-refractivity contribution in [3.63, 3.8) is 0 Å². The number of carboxylic acids is 1. The third-order valence-electron chi connectivity index (χ3n) is 4.22. The van der Waals surface area contributed by atoms with Crippen molar-refractivity contribution in [2.45, 2.75) is 38.2 Å². The van der Waals surface area contributed by atoms with Crippen LogP contribution in [0.15, 0.2) is 23.5 Å². The van der Waals surface area contributed by atoms with Crippen LogP contribution in [-0.4, -0.2) is 85.7 Å². The summed E-state index contributed by atoms with van der Waals surface area (Å²) in [5.41, 5.74) is -0.137. The van der Waals surface area contributed by atoms with Crippen molar-refractivity contribution in [2.75, 3.05) is 39.9 Å². The Bertz CT molecular complexity index is 548. The number of aliphatic hydroxyl groups is 1. The molecule has 0 aliphatic carbocycles. The predicted octanol–water partition coefficient (Wildman–Crippen LogP) is -0.186. The van der Waals surface area contributed by atoms with Gasteiger partial charge in [-0.2, -0.15) is 0 Å². The van der Waals surface area contributed by atoms with Gasteiger partial charge in [-0.15, -0.1) is 0 Å². The second-order valence-electron chi connectivity index (χ2n) is 6.43. The average molecular weight is 397 g/mol. The van der Waals surface area contributed by atoms with Crippen molar-refractivity contribution < 1.29 is 34.2 Å². The molecule has 1 saturated heterocycles. The summed E-state index contributed by atoms with van der Waals surface area (Å²) in [7, 11) is 2.30. The van der Waals surface area contributed by atoms with Gasteiger partial charge in [-0.05, 0) is 45.4 Å². The third kappa shape index (κ3) is 8.88. The second kappa shape index (κ2) is 14.2. The maximum atomic E-state index is 12.1. The summed E-state index contributed by atoms with van der Waals surface area (Å²) < 4.78 is 10.5. The highest BCUT2D eigenvalue weighted by Crippen LogP contribution is 2.20. The van der Waals surface area contributed by atoms with Crippen LogP contribution in [0.5, 0.6) is 0 Å². The van der Waals surface area contributed by atoms with Crippen molar-refractivity contribution in [3.8, 4) is 0 Å². The summed E-state index contributed by atoms with van der Waals surface area (Å²) in [5.74, 6) is -1.03. The zero-order chi connectivity index (χ0) is 20.8. The number of hydrogen-bond acceptors (Lipinski definition) is 7. The molecule has 1 aliphatic heterocycles. The lowest BCUT2D eigenvalue weighted by Gasteiger charge is -2.39. The van der Waals surface area contributed by atoms with Crippen LogP contribution in [0.1, 0.15) is 32.1 Å². The van der Waals surface area contributed by atoms with Crippen molar-refractivity contribution in [1.82, 2.24) is 10.2 Å². The fourth-order valence-corrected chi connectivity index (χ4v) is 2.60. The number of aliphatic hydroxyl groups excluding tert-OH is 1. The lowest BCUT2D eigenvalue weighted by molar-refractivity contribution is -0.143. The van der Waals surface area contributed by atoms with Crippen LogP contribution in [0.25, 0.3) is 0 Å². The van der Waals surface area contributed by atoms with E-state index in [1.165, 1.54) is 6.08 Å². The molecule has 0 aromatic rings. The van der Waals surface area contributed by atoms with Crippen LogP contribution >= 0.6 is 0 Å². The number of nitrogens with one attached hydrogen (secondary N) is 1. The number of rotatable bonds is 15. The molecule has 0 aromatic carbocycles. The van der Waals surface area contributed by atoms with Gasteiger partial charge in [-0.1, -0.05) is 6.08 Å². The summed E-state index contributed by atoms with van der Waals surface area (Å²) in [6.45, 7) is 1.36. The molecule has 0 unspecified atom stereocenters. The number of carboxylic acid groups (broad SMARTS) is 1. The largest absolute Gasteiger partial charge is 0.486 e. The zero-order valence-electron chi connectivity index (χ0n) is 16.3. The molecule has 9 nitrogen and oxygen atoms in total. The van der Waals surface area contributed by atoms with E-state index in [0.29, 0.717) is 40.0 Å². The number of amides is 1. The van der Waals surface area contributed by atoms with E-state index in [0.717, 1.165) is 19.4 Å². The highest BCUT2D eigenvalue weighted by molar-refractivity contribution is 6.16. The minimum absolute atomic E-state index is 0.0344. The van der Waals surface area contributed by atoms with Crippen molar-refractivity contribution in [2.24, 2.45) is 0 Å². The molecule has 28 heavy (non-hydrogen) atoms. The summed E-state index contributed by atoms with van der Waals surface area (Å²) >= 11 is 0. The van der Waals surface area contributed by atoms with Crippen LogP contribution in [-0.2, 0) is 19.0 Å². The van der Waals surface area contributed by atoms with E-state index in [4.69, 9.17) is 19.5 Å². The Hall–Kier alpha value is -1.88. The first-order valence-corrected chi connectivity index (χ1v) is 9.43. The molecule has 4 N–H and O–H groups in total. The van der Waals surface area contributed by atoms with Gasteiger partial charge in [-0.25, -0.2) is 4.79 Å². The number of hydrogen-bond donors (Lipinski definition) is 4. The molecular formula is C18H30BN2O7. The number of likely N-dealkylation sites (tertiary alicyclic amines) is 1. The molecule has 1 fully saturated rings. The molecule has 0 saturated carbocycles. The summed E-state index contributed by atoms with van der Waals surface area (Å²) in [6.07, 6.45) is 6.29. The first-order valence-electron chi connectivity index (χ1n) is 9.43. The van der Waals surface area contributed by atoms with Gasteiger partial charge in [0.25, 0.3) is 0 Å². The Morgan fingerprint density at radius 1 is 1.29 bits per heavy atom. The van der Waals surface area contributed by atoms with Crippen molar-refractivity contribution in [3.05, 3.63) is 23.5 Å². The number of ether oxygens (including phenoxy) is 1. The van der Waals surface area contributed by atoms with Gasteiger partial charge in [0.05, 0.1) is 19.7 Å². The minimum atomic E-state index is -1.22. The van der Waals surface area contributed by atoms with Gasteiger partial charge in [0, 0.05) is 13.0 Å². The second-order valence-corrected chi connectivity index (χ2v) is 6.43. The topological polar surface area (TPSA) is 129 Å². The number of nitrogens with zero attached hydrogens (tertiary/aromatic N) is 1. The maximum Gasteiger partial charge on any atom is 0.485 e. The van der Waals surface area contributed by atoms with Gasteiger partial charge in [0.1, 0.15) is 17.4 Å². The van der Waals surface area contributed by atoms with E-state index in [9.17, 15) is 14.7 Å². The Morgan fingerprint density at radius 2 is 2.04 bits per heavy atom. The Kier molecular flexibility index (Phi) is 12.2. The molecule has 1 rings (SSSR count). The molecule has 1 aliphatic rings. The number of aliphatic carboxylic acids is 1. The smallest absolute Gasteiger partial charge is 0.485 e. The lowest BCUT2D eigenvalue weighted by atomic mass is 10.1. The predicted molar refractivity (Wildman–Crippen MR) is 103 cm³/mol. The number of unbranched alkanes of at least 4 members (excludes halogenated alkanes) is 2. The Morgan fingerprint density at radius 3 is 2.64 bits per heavy atom. The molecule has 157 valence electrons. The van der Waals surface area contributed by atoms with Crippen LogP contribution in [0.3, 0.4) is 0 Å². The number of carbonyl (C=O) groups excluding carboxylic acids is 1. The van der Waals surface area contributed by atoms with Crippen LogP contribution < -0.4 is 5.32 Å². The van der Waals surface area contributed by atoms with E-state index >= 15 is 0 Å². The summed E-state index contributed by atoms with van der Waals surface area (Å²) in [5, 5.41) is 30.0. The van der Waals surface area contributed by atoms with Crippen LogP contribution in [0, 0.1) is 0 Å². The number of carbonyl (C=O) groups is 2. The van der Waals surface area contributed by atoms with Gasteiger partial charge in [0.2, 0.25) is 5.91 Å². The first-order chi connectivity index (χ1) is 13.5. The lowest BCUT2D eigenvalue weighted by Crippen LogP contribution is -2.54. The summed E-state index contributed by atoms with van der Waals surface area (Å²) in [6, 6.07) is 0. The third-order valence-corrected chi connectivity index (χ3v) is 4.22. The average Bonchev–Trinajstić information content (AvgIpc) is 2.63. The van der Waals surface area contributed by atoms with E-state index in [2.05, 4.69) is 5.32 Å². The molecule has 1 amide bonds. The van der Waals surface area contributed by atoms with Crippen LogP contribution in [0.2, 0.25) is 0 Å². The minimum Gasteiger partial charge on any atom is -0.486 e. The van der Waals surface area contributed by atoms with Gasteiger partial charge < -0.3 is 34.8 Å². The normalized spacial score (nSPS) is 15.3. The van der Waals surface area contributed by atoms with Crippen molar-refractivity contribution in [1.29, 1.82) is 0 Å². The fraction of sp³-hybridized carbons (Fsp3) is 0.667. The summed E-state index contributed by atoms with van der Waals surface area (Å²) in [4.78, 5) is 25.3. The zero-order valence-corrected chi connectivity index (χ0v) is 16.3. The van der Waals surface area contributed by atoms with E-state index in [1.807, 2.05) is 7.05 Å².